The van der Waals surface area contributed by atoms with Gasteiger partial charge < -0.3 is 10.6 Å². The summed E-state index contributed by atoms with van der Waals surface area (Å²) in [6.45, 7) is 0.569. The second-order valence-corrected chi connectivity index (χ2v) is 5.03. The van der Waals surface area contributed by atoms with Crippen LogP contribution in [0.3, 0.4) is 0 Å². The van der Waals surface area contributed by atoms with Crippen molar-refractivity contribution < 1.29 is 0 Å². The maximum atomic E-state index is 5.57. The number of thiazole rings is 1. The number of nitrogens with two attached hydrogens (primary N) is 1. The van der Waals surface area contributed by atoms with Crippen LogP contribution in [0.25, 0.3) is 0 Å². The van der Waals surface area contributed by atoms with E-state index in [9.17, 15) is 0 Å². The van der Waals surface area contributed by atoms with Gasteiger partial charge in [0.15, 0.2) is 5.13 Å². The maximum Gasteiger partial charge on any atom is 0.186 e. The minimum Gasteiger partial charge on any atom is -0.342 e. The Labute approximate surface area is 87.9 Å². The molecule has 1 aromatic heterocycles. The van der Waals surface area contributed by atoms with Crippen LogP contribution in [0.1, 0.15) is 31.4 Å². The van der Waals surface area contributed by atoms with E-state index in [0.717, 1.165) is 17.8 Å². The second kappa shape index (κ2) is 3.21. The van der Waals surface area contributed by atoms with E-state index in [0.29, 0.717) is 6.54 Å². The number of hydrogen-bond donors (Lipinski definition) is 1. The molecule has 2 aliphatic rings. The lowest BCUT2D eigenvalue weighted by atomic mass is 10.0. The molecular weight excluding hydrogens is 194 g/mol. The van der Waals surface area contributed by atoms with E-state index in [1.165, 1.54) is 30.8 Å². The highest BCUT2D eigenvalue weighted by atomic mass is 32.1. The van der Waals surface area contributed by atoms with E-state index in [4.69, 9.17) is 5.73 Å². The average molecular weight is 209 g/mol. The highest BCUT2D eigenvalue weighted by molar-refractivity contribution is 7.13. The lowest BCUT2D eigenvalue weighted by molar-refractivity contribution is 0.576. The van der Waals surface area contributed by atoms with Gasteiger partial charge in [0.1, 0.15) is 0 Å². The third kappa shape index (κ3) is 1.17. The molecule has 0 spiro atoms. The fraction of sp³-hybridized carbons (Fsp3) is 0.700. The summed E-state index contributed by atoms with van der Waals surface area (Å²) in [5, 5.41) is 3.29. The second-order valence-electron chi connectivity index (χ2n) is 4.20. The molecule has 3 heterocycles. The Morgan fingerprint density at radius 3 is 2.50 bits per heavy atom. The van der Waals surface area contributed by atoms with Crippen molar-refractivity contribution in [2.24, 2.45) is 5.73 Å². The van der Waals surface area contributed by atoms with Gasteiger partial charge in [0.05, 0.1) is 5.69 Å². The van der Waals surface area contributed by atoms with Crippen molar-refractivity contribution in [1.29, 1.82) is 0 Å². The van der Waals surface area contributed by atoms with Crippen LogP contribution in [0.5, 0.6) is 0 Å². The fourth-order valence-electron chi connectivity index (χ4n) is 2.73. The third-order valence-corrected chi connectivity index (χ3v) is 4.33. The Bertz CT molecular complexity index is 316. The molecule has 0 aromatic carbocycles. The summed E-state index contributed by atoms with van der Waals surface area (Å²) in [7, 11) is 0. The summed E-state index contributed by atoms with van der Waals surface area (Å²) in [6, 6.07) is 1.55. The molecule has 2 saturated heterocycles. The smallest absolute Gasteiger partial charge is 0.186 e. The van der Waals surface area contributed by atoms with Crippen LogP contribution in [0.4, 0.5) is 5.13 Å². The van der Waals surface area contributed by atoms with Crippen LogP contribution in [0.2, 0.25) is 0 Å². The van der Waals surface area contributed by atoms with Gasteiger partial charge in [-0.15, -0.1) is 11.3 Å². The van der Waals surface area contributed by atoms with E-state index in [1.807, 2.05) is 0 Å². The van der Waals surface area contributed by atoms with E-state index in [-0.39, 0.29) is 0 Å². The Kier molecular flexibility index (Phi) is 1.99. The van der Waals surface area contributed by atoms with E-state index in [1.54, 1.807) is 11.3 Å². The van der Waals surface area contributed by atoms with Crippen LogP contribution in [-0.2, 0) is 6.54 Å². The number of rotatable bonds is 2. The van der Waals surface area contributed by atoms with Crippen molar-refractivity contribution in [1.82, 2.24) is 4.98 Å². The van der Waals surface area contributed by atoms with Crippen LogP contribution < -0.4 is 10.6 Å². The van der Waals surface area contributed by atoms with Crippen LogP contribution in [-0.4, -0.2) is 17.1 Å². The molecule has 3 nitrogen and oxygen atoms in total. The van der Waals surface area contributed by atoms with Crippen molar-refractivity contribution in [3.63, 3.8) is 0 Å². The highest BCUT2D eigenvalue weighted by Crippen LogP contribution is 2.41. The predicted molar refractivity (Wildman–Crippen MR) is 58.5 cm³/mol. The molecule has 14 heavy (non-hydrogen) atoms. The summed E-state index contributed by atoms with van der Waals surface area (Å²) in [5.74, 6) is 0. The van der Waals surface area contributed by atoms with Gasteiger partial charge in [-0.3, -0.25) is 0 Å². The number of fused-ring (bicyclic) bond motifs is 2. The monoisotopic (exact) mass is 209 g/mol. The molecule has 2 aliphatic heterocycles. The van der Waals surface area contributed by atoms with Crippen molar-refractivity contribution >= 4 is 16.5 Å². The SMILES string of the molecule is NCc1csc(N2C3CCC2CC3)n1. The largest absolute Gasteiger partial charge is 0.342 e. The van der Waals surface area contributed by atoms with Gasteiger partial charge in [0, 0.05) is 24.0 Å². The Balaban J connectivity index is 1.88. The summed E-state index contributed by atoms with van der Waals surface area (Å²) in [5.41, 5.74) is 6.61. The molecule has 0 aliphatic carbocycles. The predicted octanol–water partition coefficient (Wildman–Crippen LogP) is 1.73. The van der Waals surface area contributed by atoms with E-state index < -0.39 is 0 Å². The van der Waals surface area contributed by atoms with Crippen LogP contribution in [0, 0.1) is 0 Å². The summed E-state index contributed by atoms with van der Waals surface area (Å²) < 4.78 is 0. The van der Waals surface area contributed by atoms with Gasteiger partial charge in [0.25, 0.3) is 0 Å². The first kappa shape index (κ1) is 8.68. The standard InChI is InChI=1S/C10H15N3S/c11-5-7-6-14-10(12-7)13-8-1-2-9(13)4-3-8/h6,8-9H,1-5,11H2. The normalized spacial score (nSPS) is 30.2. The van der Waals surface area contributed by atoms with Gasteiger partial charge in [-0.25, -0.2) is 4.98 Å². The molecule has 0 amide bonds. The number of anilines is 1. The average Bonchev–Trinajstić information content (AvgIpc) is 2.91. The zero-order chi connectivity index (χ0) is 9.54. The lowest BCUT2D eigenvalue weighted by Gasteiger charge is -2.20. The third-order valence-electron chi connectivity index (χ3n) is 3.42. The highest BCUT2D eigenvalue weighted by Gasteiger charge is 2.40. The molecule has 2 bridgehead atoms. The fourth-order valence-corrected chi connectivity index (χ4v) is 3.71. The topological polar surface area (TPSA) is 42.1 Å². The Hall–Kier alpha value is -0.610. The molecule has 0 saturated carbocycles. The molecule has 4 heteroatoms. The molecular formula is C10H15N3S. The number of nitrogens with zero attached hydrogens (tertiary/aromatic N) is 2. The minimum atomic E-state index is 0.569. The number of hydrogen-bond acceptors (Lipinski definition) is 4. The molecule has 3 rings (SSSR count). The summed E-state index contributed by atoms with van der Waals surface area (Å²) >= 11 is 1.75. The van der Waals surface area contributed by atoms with Crippen molar-refractivity contribution in [2.75, 3.05) is 4.90 Å². The first-order valence-corrected chi connectivity index (χ1v) is 6.19. The Morgan fingerprint density at radius 2 is 2.00 bits per heavy atom. The first-order chi connectivity index (χ1) is 6.88. The van der Waals surface area contributed by atoms with Gasteiger partial charge in [-0.2, -0.15) is 0 Å². The first-order valence-electron chi connectivity index (χ1n) is 5.31. The molecule has 0 atom stereocenters. The van der Waals surface area contributed by atoms with Crippen LogP contribution in [0.15, 0.2) is 5.38 Å². The quantitative estimate of drug-likeness (QED) is 0.806. The van der Waals surface area contributed by atoms with Gasteiger partial charge in [-0.1, -0.05) is 0 Å². The molecule has 2 fully saturated rings. The van der Waals surface area contributed by atoms with Crippen molar-refractivity contribution in [3.05, 3.63) is 11.1 Å². The van der Waals surface area contributed by atoms with Crippen molar-refractivity contribution in [2.45, 2.75) is 44.3 Å². The number of aromatic nitrogens is 1. The molecule has 1 aromatic rings. The Morgan fingerprint density at radius 1 is 1.36 bits per heavy atom. The minimum absolute atomic E-state index is 0.569. The van der Waals surface area contributed by atoms with E-state index in [2.05, 4.69) is 15.3 Å². The summed E-state index contributed by atoms with van der Waals surface area (Å²) in [4.78, 5) is 7.10. The molecule has 2 N–H and O–H groups in total. The van der Waals surface area contributed by atoms with Gasteiger partial charge in [-0.05, 0) is 25.7 Å². The maximum absolute atomic E-state index is 5.57. The van der Waals surface area contributed by atoms with Crippen molar-refractivity contribution in [3.8, 4) is 0 Å². The summed E-state index contributed by atoms with van der Waals surface area (Å²) in [6.07, 6.45) is 5.45. The zero-order valence-corrected chi connectivity index (χ0v) is 8.96. The zero-order valence-electron chi connectivity index (χ0n) is 8.15. The van der Waals surface area contributed by atoms with E-state index >= 15 is 0 Å². The molecule has 76 valence electrons. The van der Waals surface area contributed by atoms with Gasteiger partial charge >= 0.3 is 0 Å². The van der Waals surface area contributed by atoms with Crippen LogP contribution >= 0.6 is 11.3 Å². The lowest BCUT2D eigenvalue weighted by Crippen LogP contribution is -2.27. The van der Waals surface area contributed by atoms with Gasteiger partial charge in [0.2, 0.25) is 0 Å². The molecule has 0 unspecified atom stereocenters. The molecule has 0 radical (unpaired) electrons.